The van der Waals surface area contributed by atoms with Gasteiger partial charge >= 0.3 is 12.1 Å². The first-order valence-corrected chi connectivity index (χ1v) is 15.9. The molecule has 2 amide bonds. The second kappa shape index (κ2) is 15.7. The molecule has 1 heterocycles. The number of nitrogens with one attached hydrogen (secondary N) is 1. The van der Waals surface area contributed by atoms with Crippen LogP contribution in [0.5, 0.6) is 0 Å². The van der Waals surface area contributed by atoms with Crippen LogP contribution in [0.1, 0.15) is 61.3 Å². The fraction of sp³-hybridized carbons (Fsp3) is 0.583. The minimum atomic E-state index is -0.934. The number of carbonyl (C=O) groups is 3. The Morgan fingerprint density at radius 1 is 1.11 bits per heavy atom. The fourth-order valence-corrected chi connectivity index (χ4v) is 7.10. The van der Waals surface area contributed by atoms with E-state index in [-0.39, 0.29) is 47.2 Å². The second-order valence-electron chi connectivity index (χ2n) is 13.2. The van der Waals surface area contributed by atoms with Crippen molar-refractivity contribution in [3.8, 4) is 0 Å². The number of amides is 2. The summed E-state index contributed by atoms with van der Waals surface area (Å²) in [5, 5.41) is 13.8. The molecule has 4 N–H and O–H groups in total. The molecule has 1 fully saturated rings. The van der Waals surface area contributed by atoms with E-state index < -0.39 is 36.2 Å². The van der Waals surface area contributed by atoms with E-state index in [2.05, 4.69) is 42.6 Å². The molecule has 0 saturated heterocycles. The topological polar surface area (TPSA) is 137 Å². The van der Waals surface area contributed by atoms with Crippen molar-refractivity contribution < 1.29 is 33.7 Å². The largest absolute Gasteiger partial charge is 0.458 e. The van der Waals surface area contributed by atoms with E-state index in [4.69, 9.17) is 19.9 Å². The van der Waals surface area contributed by atoms with E-state index in [0.717, 1.165) is 17.6 Å². The van der Waals surface area contributed by atoms with Crippen LogP contribution < -0.4 is 11.1 Å². The van der Waals surface area contributed by atoms with Gasteiger partial charge in [-0.05, 0) is 38.5 Å². The Labute approximate surface area is 268 Å². The van der Waals surface area contributed by atoms with Crippen LogP contribution in [-0.4, -0.2) is 60.6 Å². The van der Waals surface area contributed by atoms with Gasteiger partial charge in [0.05, 0.1) is 18.2 Å². The van der Waals surface area contributed by atoms with Gasteiger partial charge in [0, 0.05) is 50.2 Å². The number of methoxy groups -OCH3 is 1. The van der Waals surface area contributed by atoms with Gasteiger partial charge in [-0.15, -0.1) is 0 Å². The molecule has 0 radical (unpaired) electrons. The van der Waals surface area contributed by atoms with E-state index in [0.29, 0.717) is 6.42 Å². The zero-order valence-corrected chi connectivity index (χ0v) is 27.9. The van der Waals surface area contributed by atoms with Gasteiger partial charge in [0.15, 0.2) is 0 Å². The number of rotatable bonds is 6. The number of hydrogen-bond acceptors (Lipinski definition) is 7. The molecule has 0 aromatic rings. The number of ether oxygens (including phenoxy) is 3. The van der Waals surface area contributed by atoms with Crippen molar-refractivity contribution in [1.29, 1.82) is 0 Å². The number of fused-ring (bicyclic) bond motifs is 3. The Kier molecular flexibility index (Phi) is 12.6. The number of hydrogen-bond donors (Lipinski definition) is 3. The highest BCUT2D eigenvalue weighted by Crippen LogP contribution is 2.53. The number of cyclic esters (lactones) is 1. The van der Waals surface area contributed by atoms with Crippen LogP contribution in [0.25, 0.3) is 0 Å². The standard InChI is InChI=1S/C36H52N2O7/c1-21-10-9-11-32(40)45-34(24(4)33(41)25(5)38-26(6)39)23(3)13-12-22(2)18-27-14-15-29-30(36(27,7)17-16-21)19-28(43-8)20-31(29)44-35(37)42/h9-18,23-25,27-31,33-34,41H,19-20H2,1-8H3,(H2,37,42)(H,38,39)/b11-9?,13-12?,17-16+,21-10?,22-18?. The lowest BCUT2D eigenvalue weighted by molar-refractivity contribution is -0.151. The zero-order valence-electron chi connectivity index (χ0n) is 27.9. The monoisotopic (exact) mass is 624 g/mol. The first kappa shape index (κ1) is 36.0. The average molecular weight is 625 g/mol. The molecule has 0 bridgehead atoms. The van der Waals surface area contributed by atoms with E-state index in [1.54, 1.807) is 20.1 Å². The number of aliphatic hydroxyl groups is 1. The lowest BCUT2D eigenvalue weighted by atomic mass is 9.55. The van der Waals surface area contributed by atoms with Gasteiger partial charge in [-0.3, -0.25) is 4.79 Å². The van der Waals surface area contributed by atoms with E-state index in [1.165, 1.54) is 13.0 Å². The first-order chi connectivity index (χ1) is 21.2. The summed E-state index contributed by atoms with van der Waals surface area (Å²) in [6, 6.07) is -0.521. The Morgan fingerprint density at radius 2 is 1.82 bits per heavy atom. The minimum absolute atomic E-state index is 0.0165. The van der Waals surface area contributed by atoms with Gasteiger partial charge in [0.1, 0.15) is 12.2 Å². The number of nitrogens with two attached hydrogens (primary N) is 1. The number of esters is 1. The van der Waals surface area contributed by atoms with Crippen molar-refractivity contribution in [1.82, 2.24) is 5.32 Å². The maximum Gasteiger partial charge on any atom is 0.404 e. The lowest BCUT2D eigenvalue weighted by Crippen LogP contribution is -2.50. The van der Waals surface area contributed by atoms with Crippen molar-refractivity contribution in [2.24, 2.45) is 40.7 Å². The van der Waals surface area contributed by atoms with Crippen LogP contribution in [-0.2, 0) is 23.8 Å². The van der Waals surface area contributed by atoms with E-state index in [9.17, 15) is 19.5 Å². The summed E-state index contributed by atoms with van der Waals surface area (Å²) in [5.74, 6) is -1.35. The van der Waals surface area contributed by atoms with Gasteiger partial charge in [0.25, 0.3) is 0 Å². The summed E-state index contributed by atoms with van der Waals surface area (Å²) in [5.41, 5.74) is 7.09. The smallest absolute Gasteiger partial charge is 0.404 e. The normalized spacial score (nSPS) is 35.0. The van der Waals surface area contributed by atoms with Crippen LogP contribution in [0.2, 0.25) is 0 Å². The molecule has 248 valence electrons. The predicted octanol–water partition coefficient (Wildman–Crippen LogP) is 5.33. The molecule has 3 aliphatic rings. The average Bonchev–Trinajstić information content (AvgIpc) is 2.97. The first-order valence-electron chi connectivity index (χ1n) is 15.9. The number of primary amides is 1. The molecular formula is C36H52N2O7. The summed E-state index contributed by atoms with van der Waals surface area (Å²) in [6.07, 6.45) is 18.4. The Bertz CT molecular complexity index is 1260. The maximum absolute atomic E-state index is 12.9. The predicted molar refractivity (Wildman–Crippen MR) is 175 cm³/mol. The van der Waals surface area contributed by atoms with Crippen LogP contribution in [0.4, 0.5) is 4.79 Å². The van der Waals surface area contributed by atoms with Crippen LogP contribution in [0.15, 0.2) is 71.9 Å². The third kappa shape index (κ3) is 9.30. The zero-order chi connectivity index (χ0) is 33.5. The summed E-state index contributed by atoms with van der Waals surface area (Å²) in [4.78, 5) is 36.4. The van der Waals surface area contributed by atoms with E-state index >= 15 is 0 Å². The van der Waals surface area contributed by atoms with Gasteiger partial charge in [-0.2, -0.15) is 0 Å². The number of carbonyl (C=O) groups excluding carboxylic acids is 3. The summed E-state index contributed by atoms with van der Waals surface area (Å²) >= 11 is 0. The van der Waals surface area contributed by atoms with Crippen molar-refractivity contribution in [2.75, 3.05) is 7.11 Å². The molecular weight excluding hydrogens is 572 g/mol. The third-order valence-corrected chi connectivity index (χ3v) is 9.74. The SMILES string of the molecule is COC1CC(OC(N)=O)C2C=CC3C=C(C)C=CC(C)C(C(C)C(O)C(C)NC(C)=O)OC(=O)C=CC=C(C)/C=C/C3(C)C2C1. The molecule has 9 heteroatoms. The quantitative estimate of drug-likeness (QED) is 0.268. The van der Waals surface area contributed by atoms with Crippen LogP contribution >= 0.6 is 0 Å². The summed E-state index contributed by atoms with van der Waals surface area (Å²) < 4.78 is 17.3. The molecule has 2 aliphatic carbocycles. The second-order valence-corrected chi connectivity index (χ2v) is 13.2. The van der Waals surface area contributed by atoms with Crippen molar-refractivity contribution in [2.45, 2.75) is 91.8 Å². The highest BCUT2D eigenvalue weighted by molar-refractivity contribution is 5.82. The van der Waals surface area contributed by atoms with Crippen molar-refractivity contribution in [3.05, 3.63) is 71.9 Å². The van der Waals surface area contributed by atoms with Crippen LogP contribution in [0, 0.1) is 35.0 Å². The molecule has 45 heavy (non-hydrogen) atoms. The summed E-state index contributed by atoms with van der Waals surface area (Å²) in [7, 11) is 1.69. The van der Waals surface area contributed by atoms with Crippen molar-refractivity contribution in [3.63, 3.8) is 0 Å². The Balaban J connectivity index is 2.05. The molecule has 0 spiro atoms. The molecule has 1 aliphatic heterocycles. The highest BCUT2D eigenvalue weighted by atomic mass is 16.6. The molecule has 9 nitrogen and oxygen atoms in total. The van der Waals surface area contributed by atoms with Crippen LogP contribution in [0.3, 0.4) is 0 Å². The number of allylic oxidation sites excluding steroid dienone is 9. The Morgan fingerprint density at radius 3 is 2.47 bits per heavy atom. The molecule has 11 atom stereocenters. The summed E-state index contributed by atoms with van der Waals surface area (Å²) in [6.45, 7) is 13.2. The van der Waals surface area contributed by atoms with Gasteiger partial charge in [-0.1, -0.05) is 86.6 Å². The van der Waals surface area contributed by atoms with E-state index in [1.807, 2.05) is 45.9 Å². The minimum Gasteiger partial charge on any atom is -0.458 e. The molecule has 11 unspecified atom stereocenters. The third-order valence-electron chi connectivity index (χ3n) is 9.74. The van der Waals surface area contributed by atoms with Gasteiger partial charge < -0.3 is 30.4 Å². The van der Waals surface area contributed by atoms with Gasteiger partial charge in [0.2, 0.25) is 5.91 Å². The highest BCUT2D eigenvalue weighted by Gasteiger charge is 2.50. The van der Waals surface area contributed by atoms with Crippen molar-refractivity contribution >= 4 is 18.0 Å². The lowest BCUT2D eigenvalue weighted by Gasteiger charge is -2.51. The number of aliphatic hydroxyl groups excluding tert-OH is 1. The molecule has 0 aromatic carbocycles. The van der Waals surface area contributed by atoms with Gasteiger partial charge in [-0.25, -0.2) is 9.59 Å². The maximum atomic E-state index is 12.9. The fourth-order valence-electron chi connectivity index (χ4n) is 7.10. The molecule has 0 aromatic heterocycles. The molecule has 3 rings (SSSR count). The Hall–Kier alpha value is -3.43. The molecule has 1 saturated carbocycles.